The van der Waals surface area contributed by atoms with Gasteiger partial charge in [-0.3, -0.25) is 14.7 Å². The second-order valence-electron chi connectivity index (χ2n) is 8.61. The van der Waals surface area contributed by atoms with E-state index in [1.807, 2.05) is 12.1 Å². The van der Waals surface area contributed by atoms with Crippen molar-refractivity contribution in [3.8, 4) is 0 Å². The van der Waals surface area contributed by atoms with Crippen molar-refractivity contribution in [1.29, 1.82) is 0 Å². The third kappa shape index (κ3) is 5.58. The van der Waals surface area contributed by atoms with Gasteiger partial charge in [-0.05, 0) is 54.6 Å². The van der Waals surface area contributed by atoms with Crippen molar-refractivity contribution in [3.63, 3.8) is 0 Å². The molecule has 2 aromatic heterocycles. The number of nitrogens with one attached hydrogen (secondary N) is 1. The van der Waals surface area contributed by atoms with E-state index in [2.05, 4.69) is 58.5 Å². The third-order valence-corrected chi connectivity index (χ3v) is 5.99. The van der Waals surface area contributed by atoms with Crippen LogP contribution in [0.15, 0.2) is 59.4 Å². The number of amides is 1. The summed E-state index contributed by atoms with van der Waals surface area (Å²) in [6.45, 7) is 7.88. The van der Waals surface area contributed by atoms with Crippen molar-refractivity contribution in [2.75, 3.05) is 13.1 Å². The van der Waals surface area contributed by atoms with Crippen molar-refractivity contribution in [1.82, 2.24) is 20.4 Å². The van der Waals surface area contributed by atoms with Gasteiger partial charge in [0.25, 0.3) is 5.91 Å². The third-order valence-electron chi connectivity index (χ3n) is 5.99. The molecule has 0 atom stereocenters. The van der Waals surface area contributed by atoms with Gasteiger partial charge in [-0.25, -0.2) is 0 Å². The summed E-state index contributed by atoms with van der Waals surface area (Å²) in [6.07, 6.45) is 5.49. The Bertz CT molecular complexity index is 974. The Morgan fingerprint density at radius 1 is 1.16 bits per heavy atom. The van der Waals surface area contributed by atoms with Gasteiger partial charge in [0, 0.05) is 37.5 Å². The van der Waals surface area contributed by atoms with Gasteiger partial charge >= 0.3 is 0 Å². The van der Waals surface area contributed by atoms with E-state index in [1.54, 1.807) is 18.5 Å². The summed E-state index contributed by atoms with van der Waals surface area (Å²) >= 11 is 0. The Morgan fingerprint density at radius 3 is 2.61 bits per heavy atom. The predicted molar refractivity (Wildman–Crippen MR) is 120 cm³/mol. The van der Waals surface area contributed by atoms with Crippen molar-refractivity contribution in [2.45, 2.75) is 51.6 Å². The van der Waals surface area contributed by atoms with E-state index < -0.39 is 0 Å². The minimum atomic E-state index is -0.245. The number of hydrogen-bond donors (Lipinski definition) is 1. The molecule has 31 heavy (non-hydrogen) atoms. The van der Waals surface area contributed by atoms with Crippen LogP contribution in [0.4, 0.5) is 0 Å². The average Bonchev–Trinajstić information content (AvgIpc) is 3.29. The lowest BCUT2D eigenvalue weighted by Crippen LogP contribution is -2.32. The molecule has 0 saturated carbocycles. The summed E-state index contributed by atoms with van der Waals surface area (Å²) in [5, 5.41) is 7.04. The number of likely N-dealkylation sites (tertiary alicyclic amines) is 1. The summed E-state index contributed by atoms with van der Waals surface area (Å²) in [5.41, 5.74) is 4.57. The van der Waals surface area contributed by atoms with Crippen molar-refractivity contribution in [3.05, 3.63) is 83.0 Å². The van der Waals surface area contributed by atoms with Gasteiger partial charge in [-0.1, -0.05) is 49.3 Å². The number of benzene rings is 1. The number of rotatable bonds is 7. The molecule has 0 spiro atoms. The predicted octanol–water partition coefficient (Wildman–Crippen LogP) is 4.50. The standard InChI is InChI=1S/C25H30N4O2/c1-18(2)21-7-5-19(6-8-21)17-29-12-9-22(10-13-29)23-14-24(31-28-23)25(30)27-16-20-4-3-11-26-15-20/h3-8,11,14-15,18,22H,9-10,12-13,16-17H2,1-2H3,(H,27,30). The molecule has 1 fully saturated rings. The molecular formula is C25H30N4O2. The fourth-order valence-corrected chi connectivity index (χ4v) is 4.01. The van der Waals surface area contributed by atoms with Crippen LogP contribution >= 0.6 is 0 Å². The maximum absolute atomic E-state index is 12.4. The Hall–Kier alpha value is -2.99. The molecule has 1 aliphatic rings. The summed E-state index contributed by atoms with van der Waals surface area (Å²) in [6, 6.07) is 14.5. The number of carbonyl (C=O) groups is 1. The molecule has 1 saturated heterocycles. The highest BCUT2D eigenvalue weighted by molar-refractivity contribution is 5.91. The molecule has 0 radical (unpaired) electrons. The van der Waals surface area contributed by atoms with Crippen LogP contribution in [0.1, 0.15) is 71.5 Å². The number of hydrogen-bond acceptors (Lipinski definition) is 5. The molecule has 3 heterocycles. The van der Waals surface area contributed by atoms with Gasteiger partial charge in [0.1, 0.15) is 0 Å². The summed E-state index contributed by atoms with van der Waals surface area (Å²) < 4.78 is 5.33. The Balaban J connectivity index is 1.26. The molecule has 0 bridgehead atoms. The molecule has 1 aliphatic heterocycles. The lowest BCUT2D eigenvalue weighted by atomic mass is 9.93. The normalized spacial score (nSPS) is 15.3. The summed E-state index contributed by atoms with van der Waals surface area (Å²) in [7, 11) is 0. The first-order chi connectivity index (χ1) is 15.1. The summed E-state index contributed by atoms with van der Waals surface area (Å²) in [4.78, 5) is 18.9. The fraction of sp³-hybridized carbons (Fsp3) is 0.400. The topological polar surface area (TPSA) is 71.3 Å². The first-order valence-electron chi connectivity index (χ1n) is 11.0. The van der Waals surface area contributed by atoms with Crippen LogP contribution in [0.2, 0.25) is 0 Å². The molecule has 4 rings (SSSR count). The molecule has 6 nitrogen and oxygen atoms in total. The van der Waals surface area contributed by atoms with E-state index in [-0.39, 0.29) is 11.7 Å². The smallest absolute Gasteiger partial charge is 0.290 e. The van der Waals surface area contributed by atoms with Crippen LogP contribution in [-0.4, -0.2) is 34.0 Å². The number of piperidine rings is 1. The molecule has 1 N–H and O–H groups in total. The van der Waals surface area contributed by atoms with Crippen LogP contribution < -0.4 is 5.32 Å². The Morgan fingerprint density at radius 2 is 1.94 bits per heavy atom. The molecular weight excluding hydrogens is 388 g/mol. The number of nitrogens with zero attached hydrogens (tertiary/aromatic N) is 3. The molecule has 0 unspecified atom stereocenters. The van der Waals surface area contributed by atoms with Gasteiger partial charge in [0.15, 0.2) is 0 Å². The monoisotopic (exact) mass is 418 g/mol. The zero-order valence-corrected chi connectivity index (χ0v) is 18.3. The minimum absolute atomic E-state index is 0.245. The van der Waals surface area contributed by atoms with E-state index in [0.29, 0.717) is 18.4 Å². The van der Waals surface area contributed by atoms with Gasteiger partial charge in [0.2, 0.25) is 5.76 Å². The summed E-state index contributed by atoms with van der Waals surface area (Å²) in [5.74, 6) is 0.925. The molecule has 6 heteroatoms. The number of pyridine rings is 1. The minimum Gasteiger partial charge on any atom is -0.351 e. The maximum Gasteiger partial charge on any atom is 0.290 e. The van der Waals surface area contributed by atoms with E-state index in [1.165, 1.54) is 11.1 Å². The van der Waals surface area contributed by atoms with Gasteiger partial charge in [0.05, 0.1) is 5.69 Å². The number of aromatic nitrogens is 2. The van der Waals surface area contributed by atoms with Crippen molar-refractivity contribution in [2.24, 2.45) is 0 Å². The van der Waals surface area contributed by atoms with Crippen LogP contribution in [0, 0.1) is 0 Å². The van der Waals surface area contributed by atoms with E-state index in [4.69, 9.17) is 4.52 Å². The second-order valence-corrected chi connectivity index (χ2v) is 8.61. The Kier molecular flexibility index (Phi) is 6.77. The van der Waals surface area contributed by atoms with Crippen LogP contribution in [-0.2, 0) is 13.1 Å². The molecule has 162 valence electrons. The quantitative estimate of drug-likeness (QED) is 0.612. The van der Waals surface area contributed by atoms with Gasteiger partial charge in [-0.15, -0.1) is 0 Å². The second kappa shape index (κ2) is 9.88. The zero-order valence-electron chi connectivity index (χ0n) is 18.3. The maximum atomic E-state index is 12.4. The highest BCUT2D eigenvalue weighted by Gasteiger charge is 2.24. The average molecular weight is 419 g/mol. The number of carbonyl (C=O) groups excluding carboxylic acids is 1. The molecule has 1 aromatic carbocycles. The molecule has 1 amide bonds. The highest BCUT2D eigenvalue weighted by Crippen LogP contribution is 2.28. The van der Waals surface area contributed by atoms with Crippen molar-refractivity contribution < 1.29 is 9.32 Å². The SMILES string of the molecule is CC(C)c1ccc(CN2CCC(c3cc(C(=O)NCc4cccnc4)on3)CC2)cc1. The largest absolute Gasteiger partial charge is 0.351 e. The first kappa shape index (κ1) is 21.2. The van der Waals surface area contributed by atoms with Crippen molar-refractivity contribution >= 4 is 5.91 Å². The lowest BCUT2D eigenvalue weighted by Gasteiger charge is -2.31. The van der Waals surface area contributed by atoms with Gasteiger partial charge < -0.3 is 9.84 Å². The van der Waals surface area contributed by atoms with Crippen LogP contribution in [0.5, 0.6) is 0 Å². The van der Waals surface area contributed by atoms with E-state index in [0.717, 1.165) is 43.7 Å². The lowest BCUT2D eigenvalue weighted by molar-refractivity contribution is 0.0913. The van der Waals surface area contributed by atoms with Crippen LogP contribution in [0.3, 0.4) is 0 Å². The fourth-order valence-electron chi connectivity index (χ4n) is 4.01. The van der Waals surface area contributed by atoms with Crippen LogP contribution in [0.25, 0.3) is 0 Å². The van der Waals surface area contributed by atoms with Gasteiger partial charge in [-0.2, -0.15) is 0 Å². The zero-order chi connectivity index (χ0) is 21.6. The van der Waals surface area contributed by atoms with E-state index >= 15 is 0 Å². The van der Waals surface area contributed by atoms with E-state index in [9.17, 15) is 4.79 Å². The molecule has 3 aromatic rings. The first-order valence-corrected chi connectivity index (χ1v) is 11.0. The highest BCUT2D eigenvalue weighted by atomic mass is 16.5. The molecule has 0 aliphatic carbocycles. The Labute approximate surface area is 183 Å².